The highest BCUT2D eigenvalue weighted by Gasteiger charge is 2.16. The first-order valence-electron chi connectivity index (χ1n) is 6.44. The van der Waals surface area contributed by atoms with Crippen molar-refractivity contribution in [1.82, 2.24) is 4.98 Å². The van der Waals surface area contributed by atoms with Crippen molar-refractivity contribution >= 4 is 10.9 Å². The van der Waals surface area contributed by atoms with Gasteiger partial charge in [0.25, 0.3) is 0 Å². The number of rotatable bonds is 3. The summed E-state index contributed by atoms with van der Waals surface area (Å²) in [6.07, 6.45) is 1.69. The van der Waals surface area contributed by atoms with Crippen LogP contribution in [-0.2, 0) is 0 Å². The molecule has 21 heavy (non-hydrogen) atoms. The van der Waals surface area contributed by atoms with Crippen molar-refractivity contribution in [3.63, 3.8) is 0 Å². The molecule has 106 valence electrons. The van der Waals surface area contributed by atoms with Gasteiger partial charge < -0.3 is 14.7 Å². The van der Waals surface area contributed by atoms with Gasteiger partial charge in [0, 0.05) is 0 Å². The fourth-order valence-corrected chi connectivity index (χ4v) is 2.25. The normalized spacial score (nSPS) is 10.6. The summed E-state index contributed by atoms with van der Waals surface area (Å²) >= 11 is 0. The van der Waals surface area contributed by atoms with Crippen molar-refractivity contribution in [2.45, 2.75) is 0 Å². The molecule has 0 saturated heterocycles. The van der Waals surface area contributed by atoms with Crippen LogP contribution in [0, 0.1) is 5.21 Å². The van der Waals surface area contributed by atoms with Crippen molar-refractivity contribution in [2.24, 2.45) is 0 Å². The Morgan fingerprint density at radius 2 is 1.76 bits per heavy atom. The SMILES string of the molecule is COc1ccc(-c2ncc3ccccc3[n+]2[O-])cc1OC. The molecule has 0 radical (unpaired) electrons. The first-order valence-corrected chi connectivity index (χ1v) is 6.44. The van der Waals surface area contributed by atoms with E-state index in [-0.39, 0.29) is 0 Å². The fourth-order valence-electron chi connectivity index (χ4n) is 2.25. The summed E-state index contributed by atoms with van der Waals surface area (Å²) in [5, 5.41) is 13.3. The molecular weight excluding hydrogens is 268 g/mol. The number of nitrogens with zero attached hydrogens (tertiary/aromatic N) is 2. The number of hydrogen-bond donors (Lipinski definition) is 0. The van der Waals surface area contributed by atoms with Crippen LogP contribution in [0.25, 0.3) is 22.3 Å². The molecule has 0 aliphatic heterocycles. The largest absolute Gasteiger partial charge is 0.710 e. The lowest BCUT2D eigenvalue weighted by atomic mass is 10.1. The second kappa shape index (κ2) is 5.28. The number of methoxy groups -OCH3 is 2. The Bertz CT molecular complexity index is 803. The van der Waals surface area contributed by atoms with Gasteiger partial charge in [0.1, 0.15) is 5.52 Å². The number of fused-ring (bicyclic) bond motifs is 1. The monoisotopic (exact) mass is 282 g/mol. The molecule has 3 rings (SSSR count). The van der Waals surface area contributed by atoms with E-state index in [2.05, 4.69) is 4.98 Å². The molecule has 5 heteroatoms. The second-order valence-corrected chi connectivity index (χ2v) is 4.50. The maximum Gasteiger partial charge on any atom is 0.333 e. The van der Waals surface area contributed by atoms with Crippen LogP contribution in [0.5, 0.6) is 11.5 Å². The van der Waals surface area contributed by atoms with E-state index in [1.165, 1.54) is 0 Å². The molecule has 0 bridgehead atoms. The zero-order valence-corrected chi connectivity index (χ0v) is 11.7. The molecule has 3 aromatic rings. The average molecular weight is 282 g/mol. The van der Waals surface area contributed by atoms with Gasteiger partial charge in [-0.3, -0.25) is 0 Å². The van der Waals surface area contributed by atoms with E-state index in [0.717, 1.165) is 10.1 Å². The molecule has 0 spiro atoms. The minimum Gasteiger partial charge on any atom is -0.710 e. The van der Waals surface area contributed by atoms with Gasteiger partial charge in [-0.25, -0.2) is 4.73 Å². The highest BCUT2D eigenvalue weighted by Crippen LogP contribution is 2.30. The van der Waals surface area contributed by atoms with Crippen molar-refractivity contribution in [2.75, 3.05) is 14.2 Å². The summed E-state index contributed by atoms with van der Waals surface area (Å²) in [6, 6.07) is 12.6. The molecule has 0 aliphatic rings. The van der Waals surface area contributed by atoms with Crippen LogP contribution in [0.3, 0.4) is 0 Å². The third-order valence-corrected chi connectivity index (χ3v) is 3.32. The minimum absolute atomic E-state index is 0.328. The van der Waals surface area contributed by atoms with E-state index >= 15 is 0 Å². The highest BCUT2D eigenvalue weighted by atomic mass is 16.5. The Morgan fingerprint density at radius 1 is 1.00 bits per heavy atom. The van der Waals surface area contributed by atoms with E-state index in [1.807, 2.05) is 18.2 Å². The Kier molecular flexibility index (Phi) is 3.31. The predicted molar refractivity (Wildman–Crippen MR) is 79.2 cm³/mol. The topological polar surface area (TPSA) is 58.3 Å². The molecule has 0 unspecified atom stereocenters. The maximum absolute atomic E-state index is 12.5. The molecule has 0 saturated carbocycles. The van der Waals surface area contributed by atoms with Gasteiger partial charge in [-0.15, -0.1) is 0 Å². The first kappa shape index (κ1) is 13.2. The molecule has 0 atom stereocenters. The van der Waals surface area contributed by atoms with Gasteiger partial charge in [-0.1, -0.05) is 12.1 Å². The van der Waals surface area contributed by atoms with Gasteiger partial charge in [0.05, 0.1) is 25.2 Å². The summed E-state index contributed by atoms with van der Waals surface area (Å²) < 4.78 is 11.3. The Balaban J connectivity index is 2.18. The van der Waals surface area contributed by atoms with Crippen LogP contribution in [0.1, 0.15) is 0 Å². The van der Waals surface area contributed by atoms with Gasteiger partial charge in [0.15, 0.2) is 17.7 Å². The van der Waals surface area contributed by atoms with Crippen molar-refractivity contribution in [3.8, 4) is 22.9 Å². The molecule has 0 fully saturated rings. The number of benzene rings is 2. The Labute approximate surface area is 122 Å². The number of hydrogen-bond acceptors (Lipinski definition) is 4. The van der Waals surface area contributed by atoms with E-state index in [4.69, 9.17) is 9.47 Å². The minimum atomic E-state index is 0.328. The van der Waals surface area contributed by atoms with E-state index < -0.39 is 0 Å². The van der Waals surface area contributed by atoms with E-state index in [0.29, 0.717) is 28.4 Å². The molecule has 1 aromatic heterocycles. The summed E-state index contributed by atoms with van der Waals surface area (Å²) in [4.78, 5) is 4.26. The smallest absolute Gasteiger partial charge is 0.333 e. The quantitative estimate of drug-likeness (QED) is 0.547. The van der Waals surface area contributed by atoms with Crippen LogP contribution >= 0.6 is 0 Å². The van der Waals surface area contributed by atoms with Gasteiger partial charge in [-0.2, -0.15) is 0 Å². The molecule has 1 heterocycles. The zero-order valence-electron chi connectivity index (χ0n) is 11.7. The molecule has 2 aromatic carbocycles. The third-order valence-electron chi connectivity index (χ3n) is 3.32. The van der Waals surface area contributed by atoms with Crippen LogP contribution in [0.15, 0.2) is 48.7 Å². The van der Waals surface area contributed by atoms with Crippen LogP contribution < -0.4 is 14.2 Å². The lowest BCUT2D eigenvalue weighted by Gasteiger charge is -2.11. The number of aromatic nitrogens is 2. The fraction of sp³-hybridized carbons (Fsp3) is 0.125. The van der Waals surface area contributed by atoms with Crippen molar-refractivity contribution in [1.29, 1.82) is 0 Å². The average Bonchev–Trinajstić information content (AvgIpc) is 2.55. The highest BCUT2D eigenvalue weighted by molar-refractivity contribution is 5.75. The third kappa shape index (κ3) is 2.23. The lowest BCUT2D eigenvalue weighted by molar-refractivity contribution is -0.568. The Hall–Kier alpha value is -2.82. The number of ether oxygens (including phenoxy) is 2. The van der Waals surface area contributed by atoms with Crippen LogP contribution in [0.2, 0.25) is 0 Å². The molecule has 5 nitrogen and oxygen atoms in total. The maximum atomic E-state index is 12.5. The molecular formula is C16H14N2O3. The van der Waals surface area contributed by atoms with E-state index in [1.54, 1.807) is 44.7 Å². The summed E-state index contributed by atoms with van der Waals surface area (Å²) in [6.45, 7) is 0. The van der Waals surface area contributed by atoms with Crippen LogP contribution in [0.4, 0.5) is 0 Å². The first-order chi connectivity index (χ1) is 10.2. The summed E-state index contributed by atoms with van der Waals surface area (Å²) in [5.41, 5.74) is 1.26. The summed E-state index contributed by atoms with van der Waals surface area (Å²) in [5.74, 6) is 1.50. The van der Waals surface area contributed by atoms with Gasteiger partial charge >= 0.3 is 5.82 Å². The van der Waals surface area contributed by atoms with Gasteiger partial charge in [-0.05, 0) is 35.3 Å². The Morgan fingerprint density at radius 3 is 2.52 bits per heavy atom. The number of para-hydroxylation sites is 1. The van der Waals surface area contributed by atoms with Gasteiger partial charge in [0.2, 0.25) is 0 Å². The van der Waals surface area contributed by atoms with Crippen molar-refractivity contribution < 1.29 is 14.2 Å². The van der Waals surface area contributed by atoms with E-state index in [9.17, 15) is 5.21 Å². The second-order valence-electron chi connectivity index (χ2n) is 4.50. The predicted octanol–water partition coefficient (Wildman–Crippen LogP) is 2.55. The van der Waals surface area contributed by atoms with Crippen LogP contribution in [-0.4, -0.2) is 19.2 Å². The molecule has 0 N–H and O–H groups in total. The lowest BCUT2D eigenvalue weighted by Crippen LogP contribution is -2.31. The summed E-state index contributed by atoms with van der Waals surface area (Å²) in [7, 11) is 3.13. The molecule has 0 aliphatic carbocycles. The van der Waals surface area contributed by atoms with Crippen molar-refractivity contribution in [3.05, 3.63) is 53.9 Å². The molecule has 0 amide bonds. The zero-order chi connectivity index (χ0) is 14.8. The standard InChI is InChI=1S/C16H14N2O3/c1-20-14-8-7-11(9-15(14)21-2)16-17-10-12-5-3-4-6-13(12)18(16)19/h3-10H,1-2H3.